The van der Waals surface area contributed by atoms with Gasteiger partial charge in [-0.2, -0.15) is 13.2 Å². The lowest BCUT2D eigenvalue weighted by molar-refractivity contribution is -0.0936. The molecule has 4 heteroatoms. The van der Waals surface area contributed by atoms with Gasteiger partial charge in [0, 0.05) is 0 Å². The van der Waals surface area contributed by atoms with Crippen LogP contribution < -0.4 is 0 Å². The van der Waals surface area contributed by atoms with Gasteiger partial charge in [-0.15, -0.1) is 0 Å². The number of halogens is 3. The van der Waals surface area contributed by atoms with Crippen molar-refractivity contribution < 1.29 is 13.2 Å². The summed E-state index contributed by atoms with van der Waals surface area (Å²) in [5, 5.41) is 0. The number of hydrogen-bond donors (Lipinski definition) is 0. The SMILES string of the molecule is C=N/C(=C(\C=C(C)C)C(C)(C)C)C(F)(F)F. The normalized spacial score (nSPS) is 14.2. The summed E-state index contributed by atoms with van der Waals surface area (Å²) in [7, 11) is 0. The lowest BCUT2D eigenvalue weighted by Gasteiger charge is -2.24. The number of rotatable bonds is 2. The summed E-state index contributed by atoms with van der Waals surface area (Å²) in [6.07, 6.45) is -2.95. The highest BCUT2D eigenvalue weighted by Gasteiger charge is 2.38. The van der Waals surface area contributed by atoms with Crippen LogP contribution in [-0.2, 0) is 0 Å². The van der Waals surface area contributed by atoms with Gasteiger partial charge in [0.1, 0.15) is 5.70 Å². The minimum Gasteiger partial charge on any atom is -0.259 e. The Labute approximate surface area is 94.8 Å². The Kier molecular flexibility index (Phi) is 4.53. The van der Waals surface area contributed by atoms with Crippen LogP contribution in [0.15, 0.2) is 27.9 Å². The molecule has 0 aliphatic carbocycles. The van der Waals surface area contributed by atoms with E-state index in [0.29, 0.717) is 0 Å². The fourth-order valence-electron chi connectivity index (χ4n) is 1.26. The van der Waals surface area contributed by atoms with Gasteiger partial charge in [0.25, 0.3) is 0 Å². The molecule has 0 aliphatic heterocycles. The summed E-state index contributed by atoms with van der Waals surface area (Å²) in [5.74, 6) is 0. The molecule has 0 fully saturated rings. The molecule has 0 saturated carbocycles. The van der Waals surface area contributed by atoms with E-state index in [1.807, 2.05) is 0 Å². The first kappa shape index (κ1) is 14.9. The summed E-state index contributed by atoms with van der Waals surface area (Å²) in [6, 6.07) is 0. The predicted octanol–water partition coefficient (Wildman–Crippen LogP) is 4.52. The van der Waals surface area contributed by atoms with Gasteiger partial charge in [0.2, 0.25) is 0 Å². The van der Waals surface area contributed by atoms with Crippen molar-refractivity contribution in [2.45, 2.75) is 40.8 Å². The number of aliphatic imine (C=N–C) groups is 1. The molecule has 0 amide bonds. The Hall–Kier alpha value is -1.06. The molecule has 0 rings (SSSR count). The largest absolute Gasteiger partial charge is 0.433 e. The number of alkyl halides is 3. The molecule has 16 heavy (non-hydrogen) atoms. The standard InChI is InChI=1S/C12H18F3N/c1-8(2)7-9(11(3,4)5)10(16-6)12(13,14)15/h7H,6H2,1-5H3/b10-9+. The molecular weight excluding hydrogens is 215 g/mol. The highest BCUT2D eigenvalue weighted by molar-refractivity contribution is 5.39. The summed E-state index contributed by atoms with van der Waals surface area (Å²) in [5.41, 5.74) is -0.560. The Morgan fingerprint density at radius 3 is 1.75 bits per heavy atom. The summed E-state index contributed by atoms with van der Waals surface area (Å²) < 4.78 is 38.2. The second-order valence-electron chi connectivity index (χ2n) is 4.89. The summed E-state index contributed by atoms with van der Waals surface area (Å²) >= 11 is 0. The molecule has 0 unspecified atom stereocenters. The van der Waals surface area contributed by atoms with E-state index in [-0.39, 0.29) is 5.57 Å². The van der Waals surface area contributed by atoms with Crippen LogP contribution in [0.25, 0.3) is 0 Å². The van der Waals surface area contributed by atoms with E-state index in [1.54, 1.807) is 34.6 Å². The smallest absolute Gasteiger partial charge is 0.259 e. The predicted molar refractivity (Wildman–Crippen MR) is 61.5 cm³/mol. The van der Waals surface area contributed by atoms with Crippen molar-refractivity contribution in [3.63, 3.8) is 0 Å². The quantitative estimate of drug-likeness (QED) is 0.491. The monoisotopic (exact) mass is 233 g/mol. The van der Waals surface area contributed by atoms with Gasteiger partial charge in [-0.3, -0.25) is 4.99 Å². The molecule has 0 atom stereocenters. The maximum atomic E-state index is 12.7. The first-order chi connectivity index (χ1) is 7.00. The lowest BCUT2D eigenvalue weighted by Crippen LogP contribution is -2.19. The first-order valence-corrected chi connectivity index (χ1v) is 4.93. The van der Waals surface area contributed by atoms with Gasteiger partial charge in [-0.25, -0.2) is 0 Å². The van der Waals surface area contributed by atoms with Crippen molar-refractivity contribution in [3.8, 4) is 0 Å². The molecule has 0 aromatic heterocycles. The molecule has 0 aromatic rings. The van der Waals surface area contributed by atoms with E-state index in [2.05, 4.69) is 11.7 Å². The molecule has 0 bridgehead atoms. The molecule has 0 saturated heterocycles. The van der Waals surface area contributed by atoms with Crippen LogP contribution in [0, 0.1) is 5.41 Å². The van der Waals surface area contributed by atoms with Gasteiger partial charge in [-0.05, 0) is 31.6 Å². The molecule has 0 aromatic carbocycles. The maximum Gasteiger partial charge on any atom is 0.433 e. The van der Waals surface area contributed by atoms with Crippen LogP contribution in [0.1, 0.15) is 34.6 Å². The molecule has 1 nitrogen and oxygen atoms in total. The van der Waals surface area contributed by atoms with Gasteiger partial charge in [0.05, 0.1) is 0 Å². The van der Waals surface area contributed by atoms with Gasteiger partial charge in [0.15, 0.2) is 0 Å². The van der Waals surface area contributed by atoms with Gasteiger partial charge >= 0.3 is 6.18 Å². The lowest BCUT2D eigenvalue weighted by atomic mass is 9.84. The zero-order chi connectivity index (χ0) is 13.1. The van der Waals surface area contributed by atoms with E-state index in [0.717, 1.165) is 5.57 Å². The second kappa shape index (κ2) is 4.85. The fourth-order valence-corrected chi connectivity index (χ4v) is 1.26. The van der Waals surface area contributed by atoms with Crippen molar-refractivity contribution in [2.24, 2.45) is 10.4 Å². The van der Waals surface area contributed by atoms with Gasteiger partial charge < -0.3 is 0 Å². The summed E-state index contributed by atoms with van der Waals surface area (Å²) in [6.45, 7) is 11.7. The zero-order valence-electron chi connectivity index (χ0n) is 10.4. The van der Waals surface area contributed by atoms with E-state index >= 15 is 0 Å². The first-order valence-electron chi connectivity index (χ1n) is 4.93. The minimum atomic E-state index is -4.46. The Morgan fingerprint density at radius 2 is 1.56 bits per heavy atom. The van der Waals surface area contributed by atoms with Crippen molar-refractivity contribution >= 4 is 6.72 Å². The summed E-state index contributed by atoms with van der Waals surface area (Å²) in [4.78, 5) is 3.14. The van der Waals surface area contributed by atoms with Crippen LogP contribution >= 0.6 is 0 Å². The number of hydrogen-bond acceptors (Lipinski definition) is 1. The Morgan fingerprint density at radius 1 is 1.12 bits per heavy atom. The second-order valence-corrected chi connectivity index (χ2v) is 4.89. The third-order valence-corrected chi connectivity index (χ3v) is 1.92. The average molecular weight is 233 g/mol. The average Bonchev–Trinajstić information content (AvgIpc) is 1.98. The van der Waals surface area contributed by atoms with E-state index in [9.17, 15) is 13.2 Å². The zero-order valence-corrected chi connectivity index (χ0v) is 10.4. The third-order valence-electron chi connectivity index (χ3n) is 1.92. The molecule has 0 spiro atoms. The van der Waals surface area contributed by atoms with Crippen molar-refractivity contribution in [3.05, 3.63) is 22.9 Å². The molecule has 0 aliphatic rings. The van der Waals surface area contributed by atoms with Crippen LogP contribution in [0.3, 0.4) is 0 Å². The maximum absolute atomic E-state index is 12.7. The minimum absolute atomic E-state index is 0.162. The van der Waals surface area contributed by atoms with Crippen molar-refractivity contribution in [1.29, 1.82) is 0 Å². The van der Waals surface area contributed by atoms with Gasteiger partial charge in [-0.1, -0.05) is 32.4 Å². The van der Waals surface area contributed by atoms with Crippen LogP contribution in [0.5, 0.6) is 0 Å². The van der Waals surface area contributed by atoms with Crippen LogP contribution in [-0.4, -0.2) is 12.9 Å². The van der Waals surface area contributed by atoms with E-state index in [4.69, 9.17) is 0 Å². The molecule has 0 radical (unpaired) electrons. The van der Waals surface area contributed by atoms with E-state index < -0.39 is 17.3 Å². The third kappa shape index (κ3) is 4.21. The highest BCUT2D eigenvalue weighted by Crippen LogP contribution is 2.37. The van der Waals surface area contributed by atoms with Crippen LogP contribution in [0.2, 0.25) is 0 Å². The van der Waals surface area contributed by atoms with Crippen molar-refractivity contribution in [2.75, 3.05) is 0 Å². The fraction of sp³-hybridized carbons (Fsp3) is 0.583. The molecule has 92 valence electrons. The Balaban J connectivity index is 5.90. The molecule has 0 heterocycles. The van der Waals surface area contributed by atoms with E-state index in [1.165, 1.54) is 6.08 Å². The number of allylic oxidation sites excluding steroid dienone is 4. The molecular formula is C12H18F3N. The topological polar surface area (TPSA) is 12.4 Å². The van der Waals surface area contributed by atoms with Crippen molar-refractivity contribution in [1.82, 2.24) is 0 Å². The highest BCUT2D eigenvalue weighted by atomic mass is 19.4. The van der Waals surface area contributed by atoms with Crippen LogP contribution in [0.4, 0.5) is 13.2 Å². The Bertz CT molecular complexity index is 323. The number of nitrogens with zero attached hydrogens (tertiary/aromatic N) is 1. The molecule has 0 N–H and O–H groups in total.